The lowest BCUT2D eigenvalue weighted by molar-refractivity contribution is -0.137. The molecule has 0 aliphatic carbocycles. The topological polar surface area (TPSA) is 55.4 Å². The monoisotopic (exact) mass is 297 g/mol. The van der Waals surface area contributed by atoms with E-state index < -0.39 is 5.97 Å². The molecule has 0 spiro atoms. The van der Waals surface area contributed by atoms with Gasteiger partial charge in [0.1, 0.15) is 5.70 Å². The van der Waals surface area contributed by atoms with Crippen LogP contribution in [-0.4, -0.2) is 19.5 Å². The maximum Gasteiger partial charge on any atom is 0.355 e. The smallest absolute Gasteiger partial charge is 0.355 e. The van der Waals surface area contributed by atoms with Gasteiger partial charge in [-0.3, -0.25) is 4.79 Å². The highest BCUT2D eigenvalue weighted by Gasteiger charge is 2.15. The fourth-order valence-corrected chi connectivity index (χ4v) is 1.82. The number of carbonyl (C=O) groups excluding carboxylic acids is 2. The Morgan fingerprint density at radius 2 is 2.18 bits per heavy atom. The molecule has 0 aliphatic heterocycles. The number of aryl methyl sites for hydroxylation is 1. The highest BCUT2D eigenvalue weighted by molar-refractivity contribution is 9.15. The number of benzene rings is 1. The van der Waals surface area contributed by atoms with E-state index in [1.165, 1.54) is 7.11 Å². The zero-order valence-corrected chi connectivity index (χ0v) is 11.1. The highest BCUT2D eigenvalue weighted by Crippen LogP contribution is 2.25. The molecule has 0 aliphatic rings. The van der Waals surface area contributed by atoms with Crippen molar-refractivity contribution < 1.29 is 14.3 Å². The lowest BCUT2D eigenvalue weighted by atomic mass is 10.1. The maximum absolute atomic E-state index is 11.5. The number of carbonyl (C=O) groups is 2. The summed E-state index contributed by atoms with van der Waals surface area (Å²) in [5, 5.41) is 2.33. The van der Waals surface area contributed by atoms with Crippen LogP contribution in [0.15, 0.2) is 30.0 Å². The predicted octanol–water partition coefficient (Wildman–Crippen LogP) is 1.98. The third-order valence-corrected chi connectivity index (χ3v) is 2.94. The minimum Gasteiger partial charge on any atom is -0.464 e. The summed E-state index contributed by atoms with van der Waals surface area (Å²) < 4.78 is 5.08. The van der Waals surface area contributed by atoms with Crippen LogP contribution in [0.2, 0.25) is 0 Å². The Balaban J connectivity index is 3.23. The van der Waals surface area contributed by atoms with Crippen LogP contribution < -0.4 is 5.32 Å². The van der Waals surface area contributed by atoms with Crippen LogP contribution in [0, 0.1) is 6.92 Å². The summed E-state index contributed by atoms with van der Waals surface area (Å²) >= 11 is 3.29. The van der Waals surface area contributed by atoms with Gasteiger partial charge in [-0.05, 0) is 28.4 Å². The van der Waals surface area contributed by atoms with E-state index in [0.29, 0.717) is 10.9 Å². The second-order valence-electron chi connectivity index (χ2n) is 3.31. The Morgan fingerprint density at radius 3 is 2.71 bits per heavy atom. The molecule has 1 aromatic rings. The van der Waals surface area contributed by atoms with Crippen LogP contribution in [0.4, 0.5) is 0 Å². The molecule has 17 heavy (non-hydrogen) atoms. The van der Waals surface area contributed by atoms with Gasteiger partial charge in [0.05, 0.1) is 11.6 Å². The minimum absolute atomic E-state index is 0.0769. The lowest BCUT2D eigenvalue weighted by Gasteiger charge is -2.08. The second-order valence-corrected chi connectivity index (χ2v) is 4.11. The molecule has 0 heterocycles. The van der Waals surface area contributed by atoms with Gasteiger partial charge in [0.2, 0.25) is 6.41 Å². The largest absolute Gasteiger partial charge is 0.464 e. The van der Waals surface area contributed by atoms with Crippen molar-refractivity contribution in [3.8, 4) is 0 Å². The van der Waals surface area contributed by atoms with Crippen molar-refractivity contribution in [2.45, 2.75) is 6.92 Å². The van der Waals surface area contributed by atoms with Gasteiger partial charge in [0.15, 0.2) is 0 Å². The Hall–Kier alpha value is -1.62. The van der Waals surface area contributed by atoms with E-state index in [1.807, 2.05) is 31.2 Å². The fraction of sp³-hybridized carbons (Fsp3) is 0.167. The zero-order chi connectivity index (χ0) is 12.8. The Bertz CT molecular complexity index is 469. The first kappa shape index (κ1) is 13.4. The average Bonchev–Trinajstić information content (AvgIpc) is 2.34. The second kappa shape index (κ2) is 6.20. The van der Waals surface area contributed by atoms with Crippen molar-refractivity contribution in [3.63, 3.8) is 0 Å². The number of halogens is 1. The number of hydrogen-bond acceptors (Lipinski definition) is 3. The first-order valence-electron chi connectivity index (χ1n) is 4.85. The van der Waals surface area contributed by atoms with Crippen LogP contribution in [0.25, 0.3) is 4.48 Å². The predicted molar refractivity (Wildman–Crippen MR) is 68.2 cm³/mol. The lowest BCUT2D eigenvalue weighted by Crippen LogP contribution is -2.21. The highest BCUT2D eigenvalue weighted by atomic mass is 79.9. The van der Waals surface area contributed by atoms with Gasteiger partial charge in [0, 0.05) is 0 Å². The van der Waals surface area contributed by atoms with Crippen molar-refractivity contribution in [2.24, 2.45) is 0 Å². The molecule has 0 radical (unpaired) electrons. The minimum atomic E-state index is -0.606. The number of hydrogen-bond donors (Lipinski definition) is 1. The molecule has 1 N–H and O–H groups in total. The van der Waals surface area contributed by atoms with Gasteiger partial charge < -0.3 is 10.1 Å². The quantitative estimate of drug-likeness (QED) is 0.525. The van der Waals surface area contributed by atoms with E-state index in [1.54, 1.807) is 0 Å². The van der Waals surface area contributed by atoms with Crippen molar-refractivity contribution in [1.82, 2.24) is 5.32 Å². The molecule has 1 aromatic carbocycles. The standard InChI is InChI=1S/C12H12BrNO3/c1-8-4-3-5-9(6-8)10(13)11(14-7-15)12(16)17-2/h3-7H,1-2H3,(H,14,15)/b11-10-. The molecule has 1 rings (SSSR count). The van der Waals surface area contributed by atoms with Crippen molar-refractivity contribution in [1.29, 1.82) is 0 Å². The van der Waals surface area contributed by atoms with Gasteiger partial charge in [-0.2, -0.15) is 0 Å². The maximum atomic E-state index is 11.5. The van der Waals surface area contributed by atoms with Crippen LogP contribution in [0.3, 0.4) is 0 Å². The molecule has 5 heteroatoms. The molecule has 90 valence electrons. The molecule has 1 amide bonds. The number of nitrogens with one attached hydrogen (secondary N) is 1. The first-order chi connectivity index (χ1) is 8.10. The van der Waals surface area contributed by atoms with E-state index in [4.69, 9.17) is 0 Å². The van der Waals surface area contributed by atoms with E-state index in [2.05, 4.69) is 26.0 Å². The number of amides is 1. The fourth-order valence-electron chi connectivity index (χ4n) is 1.30. The summed E-state index contributed by atoms with van der Waals surface area (Å²) in [6, 6.07) is 7.52. The molecular formula is C12H12BrNO3. The average molecular weight is 298 g/mol. The van der Waals surface area contributed by atoms with Gasteiger partial charge in [-0.1, -0.05) is 29.8 Å². The molecular weight excluding hydrogens is 286 g/mol. The summed E-state index contributed by atoms with van der Waals surface area (Å²) in [5.41, 5.74) is 1.92. The van der Waals surface area contributed by atoms with E-state index in [0.717, 1.165) is 11.1 Å². The number of methoxy groups -OCH3 is 1. The normalized spacial score (nSPS) is 11.5. The van der Waals surface area contributed by atoms with Gasteiger partial charge in [0.25, 0.3) is 0 Å². The summed E-state index contributed by atoms with van der Waals surface area (Å²) in [5.74, 6) is -0.606. The zero-order valence-electron chi connectivity index (χ0n) is 9.49. The molecule has 4 nitrogen and oxygen atoms in total. The van der Waals surface area contributed by atoms with Crippen LogP contribution >= 0.6 is 15.9 Å². The van der Waals surface area contributed by atoms with Crippen LogP contribution in [0.5, 0.6) is 0 Å². The van der Waals surface area contributed by atoms with Gasteiger partial charge in [-0.25, -0.2) is 4.79 Å². The third kappa shape index (κ3) is 3.42. The third-order valence-electron chi connectivity index (χ3n) is 2.08. The molecule has 0 fully saturated rings. The van der Waals surface area contributed by atoms with E-state index in [-0.39, 0.29) is 5.70 Å². The van der Waals surface area contributed by atoms with Gasteiger partial charge >= 0.3 is 5.97 Å². The molecule has 0 unspecified atom stereocenters. The van der Waals surface area contributed by atoms with Crippen molar-refractivity contribution >= 4 is 32.8 Å². The summed E-state index contributed by atoms with van der Waals surface area (Å²) in [6.45, 7) is 1.94. The Kier molecular flexibility index (Phi) is 4.90. The van der Waals surface area contributed by atoms with Crippen molar-refractivity contribution in [3.05, 3.63) is 41.1 Å². The molecule has 0 aromatic heterocycles. The van der Waals surface area contributed by atoms with E-state index in [9.17, 15) is 9.59 Å². The molecule has 0 saturated heterocycles. The molecule has 0 bridgehead atoms. The number of ether oxygens (including phenoxy) is 1. The number of rotatable bonds is 4. The number of esters is 1. The van der Waals surface area contributed by atoms with Crippen LogP contribution in [-0.2, 0) is 14.3 Å². The first-order valence-corrected chi connectivity index (χ1v) is 5.64. The summed E-state index contributed by atoms with van der Waals surface area (Å²) in [4.78, 5) is 21.9. The Morgan fingerprint density at radius 1 is 1.47 bits per heavy atom. The van der Waals surface area contributed by atoms with Gasteiger partial charge in [-0.15, -0.1) is 0 Å². The Labute approximate surface area is 108 Å². The summed E-state index contributed by atoms with van der Waals surface area (Å²) in [7, 11) is 1.26. The summed E-state index contributed by atoms with van der Waals surface area (Å²) in [6.07, 6.45) is 0.434. The van der Waals surface area contributed by atoms with Crippen LogP contribution in [0.1, 0.15) is 11.1 Å². The van der Waals surface area contributed by atoms with E-state index >= 15 is 0 Å². The molecule has 0 saturated carbocycles. The van der Waals surface area contributed by atoms with Crippen molar-refractivity contribution in [2.75, 3.05) is 7.11 Å². The SMILES string of the molecule is COC(=O)/C(NC=O)=C(/Br)c1cccc(C)c1. The molecule has 0 atom stereocenters.